The Morgan fingerprint density at radius 1 is 1.19 bits per heavy atom. The second kappa shape index (κ2) is 7.14. The molecule has 4 rings (SSSR count). The minimum absolute atomic E-state index is 0.0914. The monoisotopic (exact) mass is 365 g/mol. The van der Waals surface area contributed by atoms with E-state index in [9.17, 15) is 10.1 Å². The zero-order valence-electron chi connectivity index (χ0n) is 14.9. The third kappa shape index (κ3) is 3.51. The number of benzene rings is 1. The van der Waals surface area contributed by atoms with Gasteiger partial charge in [0, 0.05) is 17.1 Å². The molecule has 2 heterocycles. The maximum Gasteiger partial charge on any atom is 0.373 e. The standard InChI is InChI=1S/C19H19N5O3/c1-12-9-10-13-5-4-8-15(16(13)22-12)27-19-17(24(25)26)18(20-11-21-19)23-14-6-2-3-7-14/h4-5,8-11,14H,2-3,6-7H2,1H3,(H,20,21,23). The van der Waals surface area contributed by atoms with Crippen molar-refractivity contribution in [1.82, 2.24) is 15.0 Å². The van der Waals surface area contributed by atoms with Gasteiger partial charge in [-0.2, -0.15) is 4.98 Å². The first-order valence-corrected chi connectivity index (χ1v) is 8.92. The first kappa shape index (κ1) is 17.1. The number of nitro groups is 1. The van der Waals surface area contributed by atoms with Crippen molar-refractivity contribution in [2.45, 2.75) is 38.6 Å². The van der Waals surface area contributed by atoms with E-state index in [1.54, 1.807) is 6.07 Å². The summed E-state index contributed by atoms with van der Waals surface area (Å²) >= 11 is 0. The van der Waals surface area contributed by atoms with Crippen LogP contribution in [-0.2, 0) is 0 Å². The SMILES string of the molecule is Cc1ccc2cccc(Oc3ncnc(NC4CCCC4)c3[N+](=O)[O-])c2n1. The Bertz CT molecular complexity index is 1000. The summed E-state index contributed by atoms with van der Waals surface area (Å²) in [6, 6.07) is 9.49. The molecule has 0 bridgehead atoms. The number of anilines is 1. The predicted molar refractivity (Wildman–Crippen MR) is 101 cm³/mol. The Morgan fingerprint density at radius 3 is 2.78 bits per heavy atom. The predicted octanol–water partition coefficient (Wildman–Crippen LogP) is 4.39. The van der Waals surface area contributed by atoms with E-state index >= 15 is 0 Å². The van der Waals surface area contributed by atoms with Crippen molar-refractivity contribution in [3.05, 3.63) is 52.5 Å². The van der Waals surface area contributed by atoms with E-state index < -0.39 is 4.92 Å². The molecular formula is C19H19N5O3. The van der Waals surface area contributed by atoms with Crippen molar-refractivity contribution in [2.24, 2.45) is 0 Å². The average Bonchev–Trinajstić information content (AvgIpc) is 3.15. The molecule has 8 heteroatoms. The van der Waals surface area contributed by atoms with Gasteiger partial charge in [0.1, 0.15) is 11.8 Å². The Balaban J connectivity index is 1.74. The number of nitrogens with one attached hydrogen (secondary N) is 1. The van der Waals surface area contributed by atoms with Crippen LogP contribution in [-0.4, -0.2) is 25.9 Å². The summed E-state index contributed by atoms with van der Waals surface area (Å²) < 4.78 is 5.85. The molecule has 0 unspecified atom stereocenters. The van der Waals surface area contributed by atoms with Gasteiger partial charge in [0.15, 0.2) is 5.75 Å². The lowest BCUT2D eigenvalue weighted by atomic mass is 10.2. The lowest BCUT2D eigenvalue weighted by Crippen LogP contribution is -2.17. The molecule has 0 amide bonds. The Morgan fingerprint density at radius 2 is 2.00 bits per heavy atom. The molecule has 8 nitrogen and oxygen atoms in total. The normalized spacial score (nSPS) is 14.4. The van der Waals surface area contributed by atoms with Crippen molar-refractivity contribution in [1.29, 1.82) is 0 Å². The van der Waals surface area contributed by atoms with Crippen LogP contribution in [0.5, 0.6) is 11.6 Å². The zero-order chi connectivity index (χ0) is 18.8. The molecule has 0 radical (unpaired) electrons. The third-order valence-electron chi connectivity index (χ3n) is 4.70. The smallest absolute Gasteiger partial charge is 0.373 e. The molecular weight excluding hydrogens is 346 g/mol. The molecule has 138 valence electrons. The summed E-state index contributed by atoms with van der Waals surface area (Å²) in [5, 5.41) is 15.8. The van der Waals surface area contributed by atoms with Crippen molar-refractivity contribution in [3.8, 4) is 11.6 Å². The fourth-order valence-corrected chi connectivity index (χ4v) is 3.37. The molecule has 1 N–H and O–H groups in total. The van der Waals surface area contributed by atoms with Gasteiger partial charge in [-0.05, 0) is 31.9 Å². The molecule has 1 aliphatic carbocycles. The summed E-state index contributed by atoms with van der Waals surface area (Å²) in [6.07, 6.45) is 5.46. The van der Waals surface area contributed by atoms with Crippen molar-refractivity contribution in [3.63, 3.8) is 0 Å². The van der Waals surface area contributed by atoms with Crippen LogP contribution in [0.2, 0.25) is 0 Å². The number of hydrogen-bond donors (Lipinski definition) is 1. The molecule has 0 saturated heterocycles. The van der Waals surface area contributed by atoms with Gasteiger partial charge in [-0.15, -0.1) is 0 Å². The van der Waals surface area contributed by atoms with Gasteiger partial charge < -0.3 is 10.1 Å². The zero-order valence-corrected chi connectivity index (χ0v) is 14.9. The van der Waals surface area contributed by atoms with E-state index in [-0.39, 0.29) is 23.4 Å². The van der Waals surface area contributed by atoms with E-state index in [0.717, 1.165) is 36.8 Å². The molecule has 1 aliphatic rings. The molecule has 0 spiro atoms. The number of rotatable bonds is 5. The topological polar surface area (TPSA) is 103 Å². The minimum atomic E-state index is -0.504. The molecule has 2 aromatic heterocycles. The van der Waals surface area contributed by atoms with Gasteiger partial charge in [0.05, 0.1) is 4.92 Å². The average molecular weight is 365 g/mol. The van der Waals surface area contributed by atoms with Gasteiger partial charge in [-0.1, -0.05) is 31.0 Å². The van der Waals surface area contributed by atoms with Crippen LogP contribution in [0.25, 0.3) is 10.9 Å². The Labute approximate surface area is 155 Å². The van der Waals surface area contributed by atoms with Crippen LogP contribution in [0.4, 0.5) is 11.5 Å². The quantitative estimate of drug-likeness (QED) is 0.528. The maximum absolute atomic E-state index is 11.7. The first-order valence-electron chi connectivity index (χ1n) is 8.92. The van der Waals surface area contributed by atoms with Crippen LogP contribution in [0, 0.1) is 17.0 Å². The van der Waals surface area contributed by atoms with Gasteiger partial charge in [0.2, 0.25) is 5.82 Å². The Hall–Kier alpha value is -3.29. The van der Waals surface area contributed by atoms with E-state index in [0.29, 0.717) is 11.3 Å². The van der Waals surface area contributed by atoms with Crippen LogP contribution in [0.15, 0.2) is 36.7 Å². The molecule has 1 saturated carbocycles. The van der Waals surface area contributed by atoms with Gasteiger partial charge in [-0.3, -0.25) is 10.1 Å². The number of hydrogen-bond acceptors (Lipinski definition) is 7. The highest BCUT2D eigenvalue weighted by Crippen LogP contribution is 2.37. The summed E-state index contributed by atoms with van der Waals surface area (Å²) in [7, 11) is 0. The number of ether oxygens (including phenoxy) is 1. The number of pyridine rings is 1. The summed E-state index contributed by atoms with van der Waals surface area (Å²) in [5.41, 5.74) is 1.21. The van der Waals surface area contributed by atoms with Crippen molar-refractivity contribution in [2.75, 3.05) is 5.32 Å². The number of para-hydroxylation sites is 1. The minimum Gasteiger partial charge on any atom is -0.431 e. The number of aryl methyl sites for hydroxylation is 1. The van der Waals surface area contributed by atoms with E-state index in [4.69, 9.17) is 4.74 Å². The van der Waals surface area contributed by atoms with Crippen molar-refractivity contribution >= 4 is 22.4 Å². The Kier molecular flexibility index (Phi) is 4.53. The van der Waals surface area contributed by atoms with Gasteiger partial charge in [0.25, 0.3) is 0 Å². The van der Waals surface area contributed by atoms with E-state index in [1.165, 1.54) is 6.33 Å². The van der Waals surface area contributed by atoms with Crippen LogP contribution < -0.4 is 10.1 Å². The van der Waals surface area contributed by atoms with E-state index in [2.05, 4.69) is 20.3 Å². The largest absolute Gasteiger partial charge is 0.431 e. The lowest BCUT2D eigenvalue weighted by Gasteiger charge is -2.14. The highest BCUT2D eigenvalue weighted by atomic mass is 16.6. The fraction of sp³-hybridized carbons (Fsp3) is 0.316. The number of nitrogens with zero attached hydrogens (tertiary/aromatic N) is 4. The van der Waals surface area contributed by atoms with E-state index in [1.807, 2.05) is 31.2 Å². The molecule has 3 aromatic rings. The molecule has 0 atom stereocenters. The van der Waals surface area contributed by atoms with Crippen LogP contribution >= 0.6 is 0 Å². The van der Waals surface area contributed by atoms with Crippen LogP contribution in [0.3, 0.4) is 0 Å². The summed E-state index contributed by atoms with van der Waals surface area (Å²) in [6.45, 7) is 1.88. The summed E-state index contributed by atoms with van der Waals surface area (Å²) in [5.74, 6) is 0.525. The first-order chi connectivity index (χ1) is 13.1. The highest BCUT2D eigenvalue weighted by molar-refractivity contribution is 5.85. The lowest BCUT2D eigenvalue weighted by molar-refractivity contribution is -0.385. The number of fused-ring (bicyclic) bond motifs is 1. The molecule has 27 heavy (non-hydrogen) atoms. The van der Waals surface area contributed by atoms with Gasteiger partial charge >= 0.3 is 11.6 Å². The van der Waals surface area contributed by atoms with Gasteiger partial charge in [-0.25, -0.2) is 9.97 Å². The number of aromatic nitrogens is 3. The fourth-order valence-electron chi connectivity index (χ4n) is 3.37. The highest BCUT2D eigenvalue weighted by Gasteiger charge is 2.28. The maximum atomic E-state index is 11.7. The second-order valence-electron chi connectivity index (χ2n) is 6.64. The molecule has 1 aromatic carbocycles. The summed E-state index contributed by atoms with van der Waals surface area (Å²) in [4.78, 5) is 23.8. The van der Waals surface area contributed by atoms with Crippen LogP contribution in [0.1, 0.15) is 31.4 Å². The molecule has 0 aliphatic heterocycles. The van der Waals surface area contributed by atoms with Crippen molar-refractivity contribution < 1.29 is 9.66 Å². The third-order valence-corrected chi connectivity index (χ3v) is 4.70. The second-order valence-corrected chi connectivity index (χ2v) is 6.64. The molecule has 1 fully saturated rings.